The predicted molar refractivity (Wildman–Crippen MR) is 68.4 cm³/mol. The molecule has 1 aliphatic rings. The lowest BCUT2D eigenvalue weighted by Gasteiger charge is -2.17. The zero-order valence-corrected chi connectivity index (χ0v) is 11.1. The lowest BCUT2D eigenvalue weighted by molar-refractivity contribution is -0.142. The zero-order valence-electron chi connectivity index (χ0n) is 11.1. The van der Waals surface area contributed by atoms with E-state index in [1.807, 2.05) is 19.0 Å². The van der Waals surface area contributed by atoms with Crippen LogP contribution < -0.4 is 10.6 Å². The van der Waals surface area contributed by atoms with Crippen LogP contribution in [0.2, 0.25) is 0 Å². The van der Waals surface area contributed by atoms with Crippen LogP contribution in [0.15, 0.2) is 0 Å². The molecular weight excluding hydrogens is 234 g/mol. The van der Waals surface area contributed by atoms with Gasteiger partial charge in [-0.3, -0.25) is 4.79 Å². The van der Waals surface area contributed by atoms with Gasteiger partial charge < -0.3 is 20.6 Å². The van der Waals surface area contributed by atoms with Gasteiger partial charge in [0.05, 0.1) is 5.92 Å². The van der Waals surface area contributed by atoms with Gasteiger partial charge >= 0.3 is 12.0 Å². The molecule has 1 aliphatic carbocycles. The van der Waals surface area contributed by atoms with Gasteiger partial charge in [-0.1, -0.05) is 6.42 Å². The minimum Gasteiger partial charge on any atom is -0.481 e. The van der Waals surface area contributed by atoms with E-state index in [4.69, 9.17) is 5.11 Å². The molecular formula is C12H23N3O3. The summed E-state index contributed by atoms with van der Waals surface area (Å²) in [6.07, 6.45) is 2.55. The number of carbonyl (C=O) groups excluding carboxylic acids is 1. The maximum absolute atomic E-state index is 11.5. The van der Waals surface area contributed by atoms with Crippen molar-refractivity contribution in [2.45, 2.75) is 19.3 Å². The van der Waals surface area contributed by atoms with Crippen molar-refractivity contribution in [1.29, 1.82) is 0 Å². The molecule has 0 saturated heterocycles. The van der Waals surface area contributed by atoms with Crippen molar-refractivity contribution < 1.29 is 14.7 Å². The van der Waals surface area contributed by atoms with Crippen LogP contribution in [0.3, 0.4) is 0 Å². The van der Waals surface area contributed by atoms with E-state index >= 15 is 0 Å². The average molecular weight is 257 g/mol. The van der Waals surface area contributed by atoms with Gasteiger partial charge in [-0.05, 0) is 32.9 Å². The number of carboxylic acids is 1. The van der Waals surface area contributed by atoms with Crippen molar-refractivity contribution in [3.05, 3.63) is 0 Å². The van der Waals surface area contributed by atoms with Crippen molar-refractivity contribution in [3.63, 3.8) is 0 Å². The molecule has 0 aromatic rings. The summed E-state index contributed by atoms with van der Waals surface area (Å²) in [5.41, 5.74) is 0. The molecule has 6 nitrogen and oxygen atoms in total. The van der Waals surface area contributed by atoms with E-state index in [1.165, 1.54) is 0 Å². The van der Waals surface area contributed by atoms with Crippen LogP contribution >= 0.6 is 0 Å². The van der Waals surface area contributed by atoms with Gasteiger partial charge in [0, 0.05) is 19.6 Å². The van der Waals surface area contributed by atoms with Gasteiger partial charge in [-0.15, -0.1) is 0 Å². The standard InChI is InChI=1S/C12H23N3O3/c1-15(2)7-6-13-12(18)14-8-9-4-3-5-10(9)11(16)17/h9-10H,3-8H2,1-2H3,(H,16,17)(H2,13,14,18). The molecule has 1 fully saturated rings. The molecule has 1 saturated carbocycles. The van der Waals surface area contributed by atoms with E-state index in [1.54, 1.807) is 0 Å². The summed E-state index contributed by atoms with van der Waals surface area (Å²) in [6, 6.07) is -0.215. The molecule has 0 aliphatic heterocycles. The van der Waals surface area contributed by atoms with E-state index in [0.717, 1.165) is 25.8 Å². The number of urea groups is 1. The van der Waals surface area contributed by atoms with Crippen molar-refractivity contribution in [2.24, 2.45) is 11.8 Å². The van der Waals surface area contributed by atoms with E-state index < -0.39 is 5.97 Å². The lowest BCUT2D eigenvalue weighted by Crippen LogP contribution is -2.41. The number of carbonyl (C=O) groups is 2. The first kappa shape index (κ1) is 14.8. The maximum Gasteiger partial charge on any atom is 0.314 e. The van der Waals surface area contributed by atoms with Crippen molar-refractivity contribution >= 4 is 12.0 Å². The largest absolute Gasteiger partial charge is 0.481 e. The Morgan fingerprint density at radius 3 is 2.61 bits per heavy atom. The van der Waals surface area contributed by atoms with E-state index in [2.05, 4.69) is 10.6 Å². The molecule has 0 aromatic heterocycles. The molecule has 0 aromatic carbocycles. The molecule has 18 heavy (non-hydrogen) atoms. The monoisotopic (exact) mass is 257 g/mol. The van der Waals surface area contributed by atoms with Crippen molar-refractivity contribution in [3.8, 4) is 0 Å². The van der Waals surface area contributed by atoms with Gasteiger partial charge in [-0.25, -0.2) is 4.79 Å². The van der Waals surface area contributed by atoms with E-state index in [9.17, 15) is 9.59 Å². The van der Waals surface area contributed by atoms with Crippen LogP contribution in [0.4, 0.5) is 4.79 Å². The number of aliphatic carboxylic acids is 1. The number of nitrogens with one attached hydrogen (secondary N) is 2. The fourth-order valence-electron chi connectivity index (χ4n) is 2.29. The predicted octanol–water partition coefficient (Wildman–Crippen LogP) is 0.348. The summed E-state index contributed by atoms with van der Waals surface area (Å²) in [5, 5.41) is 14.5. The number of hydrogen-bond donors (Lipinski definition) is 3. The van der Waals surface area contributed by atoms with Crippen molar-refractivity contribution in [2.75, 3.05) is 33.7 Å². The zero-order chi connectivity index (χ0) is 13.5. The van der Waals surface area contributed by atoms with Gasteiger partial charge in [0.2, 0.25) is 0 Å². The summed E-state index contributed by atoms with van der Waals surface area (Å²) in [5.74, 6) is -0.971. The fraction of sp³-hybridized carbons (Fsp3) is 0.833. The Morgan fingerprint density at radius 1 is 1.28 bits per heavy atom. The van der Waals surface area contributed by atoms with Crippen LogP contribution in [-0.2, 0) is 4.79 Å². The van der Waals surface area contributed by atoms with Crippen LogP contribution in [-0.4, -0.2) is 55.7 Å². The van der Waals surface area contributed by atoms with Crippen LogP contribution in [0, 0.1) is 11.8 Å². The molecule has 2 amide bonds. The molecule has 0 bridgehead atoms. The first-order valence-electron chi connectivity index (χ1n) is 6.40. The Bertz CT molecular complexity index is 294. The highest BCUT2D eigenvalue weighted by atomic mass is 16.4. The average Bonchev–Trinajstić information content (AvgIpc) is 2.74. The van der Waals surface area contributed by atoms with E-state index in [0.29, 0.717) is 13.1 Å². The molecule has 0 heterocycles. The molecule has 0 radical (unpaired) electrons. The summed E-state index contributed by atoms with van der Waals surface area (Å²) < 4.78 is 0. The summed E-state index contributed by atoms with van der Waals surface area (Å²) in [7, 11) is 3.88. The molecule has 6 heteroatoms. The highest BCUT2D eigenvalue weighted by Gasteiger charge is 2.32. The van der Waals surface area contributed by atoms with E-state index in [-0.39, 0.29) is 17.9 Å². The molecule has 104 valence electrons. The summed E-state index contributed by atoms with van der Waals surface area (Å²) in [6.45, 7) is 1.82. The second-order valence-corrected chi connectivity index (χ2v) is 5.08. The third-order valence-corrected chi connectivity index (χ3v) is 3.35. The molecule has 0 spiro atoms. The Balaban J connectivity index is 2.19. The number of rotatable bonds is 6. The quantitative estimate of drug-likeness (QED) is 0.641. The molecule has 2 unspecified atom stereocenters. The third-order valence-electron chi connectivity index (χ3n) is 3.35. The molecule has 3 N–H and O–H groups in total. The maximum atomic E-state index is 11.5. The van der Waals surface area contributed by atoms with Gasteiger partial charge in [0.1, 0.15) is 0 Å². The van der Waals surface area contributed by atoms with Crippen molar-refractivity contribution in [1.82, 2.24) is 15.5 Å². The Morgan fingerprint density at radius 2 is 2.00 bits per heavy atom. The minimum absolute atomic E-state index is 0.0714. The lowest BCUT2D eigenvalue weighted by atomic mass is 9.96. The third kappa shape index (κ3) is 4.91. The smallest absolute Gasteiger partial charge is 0.314 e. The summed E-state index contributed by atoms with van der Waals surface area (Å²) >= 11 is 0. The Kier molecular flexibility index (Phi) is 5.91. The highest BCUT2D eigenvalue weighted by molar-refractivity contribution is 5.74. The first-order chi connectivity index (χ1) is 8.50. The molecule has 1 rings (SSSR count). The normalized spacial score (nSPS) is 23.1. The van der Waals surface area contributed by atoms with Crippen LogP contribution in [0.1, 0.15) is 19.3 Å². The fourth-order valence-corrected chi connectivity index (χ4v) is 2.29. The Labute approximate surface area is 108 Å². The number of likely N-dealkylation sites (N-methyl/N-ethyl adjacent to an activating group) is 1. The second-order valence-electron chi connectivity index (χ2n) is 5.08. The van der Waals surface area contributed by atoms with Gasteiger partial charge in [-0.2, -0.15) is 0 Å². The number of carboxylic acid groups (broad SMARTS) is 1. The molecule has 2 atom stereocenters. The number of hydrogen-bond acceptors (Lipinski definition) is 3. The number of amides is 2. The minimum atomic E-state index is -0.743. The van der Waals surface area contributed by atoms with Gasteiger partial charge in [0.25, 0.3) is 0 Å². The second kappa shape index (κ2) is 7.20. The van der Waals surface area contributed by atoms with Crippen LogP contribution in [0.5, 0.6) is 0 Å². The number of nitrogens with zero attached hydrogens (tertiary/aromatic N) is 1. The Hall–Kier alpha value is -1.30. The van der Waals surface area contributed by atoms with Gasteiger partial charge in [0.15, 0.2) is 0 Å². The topological polar surface area (TPSA) is 81.7 Å². The highest BCUT2D eigenvalue weighted by Crippen LogP contribution is 2.31. The first-order valence-corrected chi connectivity index (χ1v) is 6.40. The SMILES string of the molecule is CN(C)CCNC(=O)NCC1CCCC1C(=O)O. The summed E-state index contributed by atoms with van der Waals surface area (Å²) in [4.78, 5) is 24.4. The van der Waals surface area contributed by atoms with Crippen LogP contribution in [0.25, 0.3) is 0 Å².